The van der Waals surface area contributed by atoms with Crippen LogP contribution in [0.4, 0.5) is 11.5 Å². The van der Waals surface area contributed by atoms with Crippen LogP contribution in [0.2, 0.25) is 5.28 Å². The van der Waals surface area contributed by atoms with Gasteiger partial charge in [-0.2, -0.15) is 9.97 Å². The molecule has 3 aromatic rings. The zero-order chi connectivity index (χ0) is 21.3. The maximum atomic E-state index is 6.19. The summed E-state index contributed by atoms with van der Waals surface area (Å²) in [6, 6.07) is 10.7. The second kappa shape index (κ2) is 8.61. The van der Waals surface area contributed by atoms with Gasteiger partial charge in [0.1, 0.15) is 0 Å². The van der Waals surface area contributed by atoms with Gasteiger partial charge in [-0.3, -0.25) is 4.90 Å². The van der Waals surface area contributed by atoms with Crippen molar-refractivity contribution < 1.29 is 4.74 Å². The van der Waals surface area contributed by atoms with Gasteiger partial charge in [-0.1, -0.05) is 18.2 Å². The smallest absolute Gasteiger partial charge is 0.226 e. The lowest BCUT2D eigenvalue weighted by Gasteiger charge is -2.50. The molecule has 5 rings (SSSR count). The summed E-state index contributed by atoms with van der Waals surface area (Å²) in [7, 11) is 1.91. The van der Waals surface area contributed by atoms with Crippen molar-refractivity contribution in [2.75, 3.05) is 56.2 Å². The molecular weight excluding hydrogens is 414 g/mol. The molecule has 0 saturated carbocycles. The van der Waals surface area contributed by atoms with Gasteiger partial charge in [0.15, 0.2) is 17.0 Å². The Kier molecular flexibility index (Phi) is 5.69. The molecule has 0 bridgehead atoms. The number of nitrogens with zero attached hydrogens (tertiary/aromatic N) is 6. The van der Waals surface area contributed by atoms with E-state index in [1.54, 1.807) is 6.33 Å². The van der Waals surface area contributed by atoms with Crippen molar-refractivity contribution in [2.45, 2.75) is 18.4 Å². The zero-order valence-electron chi connectivity index (χ0n) is 17.8. The summed E-state index contributed by atoms with van der Waals surface area (Å²) in [6.45, 7) is 6.45. The summed E-state index contributed by atoms with van der Waals surface area (Å²) in [5, 5.41) is 3.80. The van der Waals surface area contributed by atoms with E-state index in [-0.39, 0.29) is 10.8 Å². The van der Waals surface area contributed by atoms with Crippen LogP contribution in [0.3, 0.4) is 0 Å². The Balaban J connectivity index is 1.33. The Morgan fingerprint density at radius 1 is 1.06 bits per heavy atom. The van der Waals surface area contributed by atoms with Crippen LogP contribution in [-0.2, 0) is 11.8 Å². The molecule has 0 atom stereocenters. The molecule has 2 aromatic heterocycles. The van der Waals surface area contributed by atoms with Gasteiger partial charge in [-0.05, 0) is 36.6 Å². The normalized spacial score (nSPS) is 19.6. The minimum atomic E-state index is 0.0273. The number of hydrogen-bond donors (Lipinski definition) is 1. The highest BCUT2D eigenvalue weighted by molar-refractivity contribution is 6.28. The minimum Gasteiger partial charge on any atom is -0.381 e. The average Bonchev–Trinajstić information content (AvgIpc) is 3.19. The maximum Gasteiger partial charge on any atom is 0.226 e. The number of aromatic nitrogens is 4. The Bertz CT molecular complexity index is 1030. The van der Waals surface area contributed by atoms with Crippen molar-refractivity contribution in [3.05, 3.63) is 41.9 Å². The molecule has 2 saturated heterocycles. The highest BCUT2D eigenvalue weighted by Gasteiger charge is 2.40. The summed E-state index contributed by atoms with van der Waals surface area (Å²) in [4.78, 5) is 18.3. The maximum absolute atomic E-state index is 6.19. The van der Waals surface area contributed by atoms with E-state index in [2.05, 4.69) is 60.4 Å². The Morgan fingerprint density at radius 2 is 1.81 bits per heavy atom. The molecule has 2 aliphatic heterocycles. The van der Waals surface area contributed by atoms with Crippen molar-refractivity contribution >= 4 is 34.3 Å². The molecule has 0 aliphatic carbocycles. The van der Waals surface area contributed by atoms with Crippen LogP contribution in [0.25, 0.3) is 11.2 Å². The molecule has 164 valence electrons. The third-order valence-electron chi connectivity index (χ3n) is 6.61. The van der Waals surface area contributed by atoms with Gasteiger partial charge in [-0.15, -0.1) is 0 Å². The third kappa shape index (κ3) is 4.07. The van der Waals surface area contributed by atoms with E-state index in [0.29, 0.717) is 5.82 Å². The largest absolute Gasteiger partial charge is 0.381 e. The first-order chi connectivity index (χ1) is 15.1. The monoisotopic (exact) mass is 441 g/mol. The lowest BCUT2D eigenvalue weighted by Crippen LogP contribution is -2.61. The van der Waals surface area contributed by atoms with E-state index < -0.39 is 0 Å². The van der Waals surface area contributed by atoms with Crippen LogP contribution in [0.1, 0.15) is 12.8 Å². The van der Waals surface area contributed by atoms with Gasteiger partial charge in [0.2, 0.25) is 5.28 Å². The number of para-hydroxylation sites is 1. The van der Waals surface area contributed by atoms with Gasteiger partial charge < -0.3 is 19.5 Å². The summed E-state index contributed by atoms with van der Waals surface area (Å²) >= 11 is 6.19. The van der Waals surface area contributed by atoms with E-state index in [1.807, 2.05) is 11.6 Å². The van der Waals surface area contributed by atoms with Crippen molar-refractivity contribution in [3.8, 4) is 0 Å². The predicted octanol–water partition coefficient (Wildman–Crippen LogP) is 2.80. The minimum absolute atomic E-state index is 0.0273. The average molecular weight is 442 g/mol. The number of rotatable bonds is 5. The molecule has 2 fully saturated rings. The Morgan fingerprint density at radius 3 is 2.55 bits per heavy atom. The molecule has 4 heterocycles. The van der Waals surface area contributed by atoms with E-state index in [9.17, 15) is 0 Å². The second-order valence-corrected chi connectivity index (χ2v) is 8.71. The predicted molar refractivity (Wildman–Crippen MR) is 123 cm³/mol. The summed E-state index contributed by atoms with van der Waals surface area (Å²) < 4.78 is 7.59. The number of fused-ring (bicyclic) bond motifs is 1. The number of hydrogen-bond acceptors (Lipinski definition) is 7. The van der Waals surface area contributed by atoms with E-state index in [4.69, 9.17) is 16.3 Å². The quantitative estimate of drug-likeness (QED) is 0.610. The molecule has 0 amide bonds. The third-order valence-corrected chi connectivity index (χ3v) is 6.78. The SMILES string of the molecule is Cn1cnc2c(NCC3(N4CCN(c5ccccc5)CC4)CCOCC3)nc(Cl)nc21. The molecule has 0 unspecified atom stereocenters. The zero-order valence-corrected chi connectivity index (χ0v) is 18.6. The molecule has 0 spiro atoms. The van der Waals surface area contributed by atoms with Crippen LogP contribution in [0.15, 0.2) is 36.7 Å². The Hall–Kier alpha value is -2.42. The molecule has 2 aliphatic rings. The number of benzene rings is 1. The first kappa shape index (κ1) is 20.5. The van der Waals surface area contributed by atoms with E-state index in [1.165, 1.54) is 5.69 Å². The molecular formula is C22H28ClN7O. The lowest BCUT2D eigenvalue weighted by molar-refractivity contribution is -0.0241. The number of ether oxygens (including phenoxy) is 1. The second-order valence-electron chi connectivity index (χ2n) is 8.37. The van der Waals surface area contributed by atoms with Gasteiger partial charge in [0, 0.05) is 64.2 Å². The number of piperazine rings is 1. The van der Waals surface area contributed by atoms with Gasteiger partial charge in [0.25, 0.3) is 0 Å². The molecule has 0 radical (unpaired) electrons. The standard InChI is InChI=1S/C22H28ClN7O/c1-28-16-25-18-19(26-21(23)27-20(18)28)24-15-22(7-13-31-14-8-22)30-11-9-29(10-12-30)17-5-3-2-4-6-17/h2-6,16H,7-15H2,1H3,(H,24,26,27). The van der Waals surface area contributed by atoms with Crippen molar-refractivity contribution in [1.29, 1.82) is 0 Å². The Labute approximate surface area is 187 Å². The van der Waals surface area contributed by atoms with Gasteiger partial charge in [-0.25, -0.2) is 4.98 Å². The number of halogens is 1. The summed E-state index contributed by atoms with van der Waals surface area (Å²) in [5.74, 6) is 0.699. The van der Waals surface area contributed by atoms with Gasteiger partial charge in [0.05, 0.1) is 6.33 Å². The van der Waals surface area contributed by atoms with E-state index >= 15 is 0 Å². The highest BCUT2D eigenvalue weighted by Crippen LogP contribution is 2.31. The summed E-state index contributed by atoms with van der Waals surface area (Å²) in [6.07, 6.45) is 3.74. The topological polar surface area (TPSA) is 71.3 Å². The van der Waals surface area contributed by atoms with Crippen LogP contribution in [0, 0.1) is 0 Å². The van der Waals surface area contributed by atoms with Crippen LogP contribution in [-0.4, -0.2) is 75.9 Å². The summed E-state index contributed by atoms with van der Waals surface area (Å²) in [5.41, 5.74) is 2.82. The van der Waals surface area contributed by atoms with Crippen molar-refractivity contribution in [3.63, 3.8) is 0 Å². The van der Waals surface area contributed by atoms with Gasteiger partial charge >= 0.3 is 0 Å². The van der Waals surface area contributed by atoms with Crippen molar-refractivity contribution in [1.82, 2.24) is 24.4 Å². The molecule has 1 aromatic carbocycles. The first-order valence-electron chi connectivity index (χ1n) is 10.9. The van der Waals surface area contributed by atoms with Crippen LogP contribution in [0.5, 0.6) is 0 Å². The number of anilines is 2. The molecule has 8 nitrogen and oxygen atoms in total. The van der Waals surface area contributed by atoms with Crippen molar-refractivity contribution in [2.24, 2.45) is 7.05 Å². The molecule has 9 heteroatoms. The first-order valence-corrected chi connectivity index (χ1v) is 11.2. The highest BCUT2D eigenvalue weighted by atomic mass is 35.5. The number of aryl methyl sites for hydroxylation is 1. The lowest BCUT2D eigenvalue weighted by atomic mass is 9.87. The fourth-order valence-electron chi connectivity index (χ4n) is 4.79. The molecule has 1 N–H and O–H groups in total. The van der Waals surface area contributed by atoms with E-state index in [0.717, 1.165) is 69.9 Å². The molecule has 31 heavy (non-hydrogen) atoms. The van der Waals surface area contributed by atoms with Crippen LogP contribution < -0.4 is 10.2 Å². The fourth-order valence-corrected chi connectivity index (χ4v) is 4.95. The fraction of sp³-hybridized carbons (Fsp3) is 0.500. The number of nitrogens with one attached hydrogen (secondary N) is 1. The van der Waals surface area contributed by atoms with Crippen LogP contribution >= 0.6 is 11.6 Å². The number of imidazole rings is 1.